The van der Waals surface area contributed by atoms with Crippen LogP contribution in [-0.4, -0.2) is 94.9 Å². The zero-order valence-corrected chi connectivity index (χ0v) is 35.1. The normalized spacial score (nSPS) is 19.5. The van der Waals surface area contributed by atoms with Crippen LogP contribution in [0.15, 0.2) is 46.5 Å². The first-order valence-electron chi connectivity index (χ1n) is 19.3. The molecule has 3 aliphatic rings. The maximum Gasteiger partial charge on any atom is 0.407 e. The van der Waals surface area contributed by atoms with Crippen LogP contribution in [0.4, 0.5) is 9.59 Å². The average Bonchev–Trinajstić information content (AvgIpc) is 4.04. The number of nitrogens with zero attached hydrogens (tertiary/aromatic N) is 4. The zero-order chi connectivity index (χ0) is 40.7. The lowest BCUT2D eigenvalue weighted by molar-refractivity contribution is -0.135. The first-order valence-corrected chi connectivity index (χ1v) is 20.8. The fourth-order valence-electron chi connectivity index (χ4n) is 8.16. The van der Waals surface area contributed by atoms with E-state index >= 15 is 0 Å². The van der Waals surface area contributed by atoms with E-state index in [0.717, 1.165) is 61.8 Å². The molecule has 0 saturated carbocycles. The van der Waals surface area contributed by atoms with Gasteiger partial charge in [0.25, 0.3) is 0 Å². The van der Waals surface area contributed by atoms with E-state index in [1.807, 2.05) is 38.7 Å². The van der Waals surface area contributed by atoms with E-state index in [0.29, 0.717) is 47.8 Å². The highest BCUT2D eigenvalue weighted by molar-refractivity contribution is 7.21. The summed E-state index contributed by atoms with van der Waals surface area (Å²) in [6.45, 7) is 8.69. The van der Waals surface area contributed by atoms with E-state index < -0.39 is 24.3 Å². The van der Waals surface area contributed by atoms with Crippen molar-refractivity contribution in [2.45, 2.75) is 84.0 Å². The van der Waals surface area contributed by atoms with Gasteiger partial charge in [0.1, 0.15) is 33.9 Å². The number of thiophene rings is 1. The van der Waals surface area contributed by atoms with Gasteiger partial charge < -0.3 is 34.9 Å². The summed E-state index contributed by atoms with van der Waals surface area (Å²) in [5, 5.41) is 9.39. The number of ether oxygens (including phenoxy) is 2. The predicted molar refractivity (Wildman–Crippen MR) is 224 cm³/mol. The number of allylic oxidation sites excluding steroid dienone is 1. The number of aromatic nitrogens is 2. The summed E-state index contributed by atoms with van der Waals surface area (Å²) in [5.74, 6) is 0.00367. The van der Waals surface area contributed by atoms with Crippen molar-refractivity contribution < 1.29 is 28.7 Å². The molecule has 57 heavy (non-hydrogen) atoms. The molecule has 13 nitrogen and oxygen atoms in total. The fourth-order valence-corrected chi connectivity index (χ4v) is 9.98. The molecule has 7 rings (SSSR count). The van der Waals surface area contributed by atoms with Gasteiger partial charge in [-0.05, 0) is 65.8 Å². The molecule has 3 N–H and O–H groups in total. The first-order chi connectivity index (χ1) is 27.3. The number of hydrogen-bond acceptors (Lipinski definition) is 9. The number of aromatic amines is 1. The number of nitrogens with one attached hydrogen (secondary N) is 3. The third-order valence-electron chi connectivity index (χ3n) is 11.2. The molecule has 2 fully saturated rings. The van der Waals surface area contributed by atoms with Gasteiger partial charge in [0, 0.05) is 45.9 Å². The van der Waals surface area contributed by atoms with Crippen LogP contribution in [0.1, 0.15) is 76.5 Å². The quantitative estimate of drug-likeness (QED) is 0.136. The number of amides is 4. The molecule has 16 heteroatoms. The summed E-state index contributed by atoms with van der Waals surface area (Å²) in [4.78, 5) is 69.0. The van der Waals surface area contributed by atoms with E-state index in [9.17, 15) is 19.2 Å². The Morgan fingerprint density at radius 2 is 1.44 bits per heavy atom. The van der Waals surface area contributed by atoms with Gasteiger partial charge in [-0.15, -0.1) is 11.3 Å². The van der Waals surface area contributed by atoms with Crippen LogP contribution in [0.3, 0.4) is 0 Å². The summed E-state index contributed by atoms with van der Waals surface area (Å²) in [7, 11) is 2.56. The Hall–Kier alpha value is -4.66. The van der Waals surface area contributed by atoms with Gasteiger partial charge in [0.15, 0.2) is 0 Å². The van der Waals surface area contributed by atoms with Crippen molar-refractivity contribution in [3.8, 4) is 11.3 Å². The Kier molecular flexibility index (Phi) is 11.9. The molecule has 4 aromatic rings. The van der Waals surface area contributed by atoms with Crippen LogP contribution in [0, 0.1) is 11.8 Å². The topological polar surface area (TPSA) is 158 Å². The average molecular weight is 837 g/mol. The second-order valence-corrected chi connectivity index (χ2v) is 17.2. The van der Waals surface area contributed by atoms with Gasteiger partial charge in [0.2, 0.25) is 11.8 Å². The minimum absolute atomic E-state index is 0.124. The van der Waals surface area contributed by atoms with Crippen LogP contribution in [0.2, 0.25) is 5.15 Å². The molecule has 5 heterocycles. The Bertz CT molecular complexity index is 2300. The van der Waals surface area contributed by atoms with Gasteiger partial charge in [-0.2, -0.15) is 0 Å². The van der Waals surface area contributed by atoms with Gasteiger partial charge >= 0.3 is 12.2 Å². The molecule has 302 valence electrons. The summed E-state index contributed by atoms with van der Waals surface area (Å²) < 4.78 is 10.7. The van der Waals surface area contributed by atoms with Gasteiger partial charge in [-0.3, -0.25) is 9.59 Å². The molecule has 0 spiro atoms. The molecule has 2 aromatic carbocycles. The summed E-state index contributed by atoms with van der Waals surface area (Å²) in [5.41, 5.74) is 3.22. The van der Waals surface area contributed by atoms with Crippen LogP contribution < -0.4 is 10.6 Å². The lowest BCUT2D eigenvalue weighted by Gasteiger charge is -2.31. The van der Waals surface area contributed by atoms with E-state index in [1.54, 1.807) is 16.2 Å². The third-order valence-corrected chi connectivity index (χ3v) is 13.0. The molecule has 4 atom stereocenters. The molecule has 0 unspecified atom stereocenters. The highest BCUT2D eigenvalue weighted by atomic mass is 35.5. The molecule has 0 aliphatic carbocycles. The van der Waals surface area contributed by atoms with Crippen LogP contribution in [-0.2, 0) is 19.1 Å². The van der Waals surface area contributed by atoms with E-state index in [4.69, 9.17) is 42.7 Å². The summed E-state index contributed by atoms with van der Waals surface area (Å²) in [6.07, 6.45) is 2.37. The molecule has 4 amide bonds. The number of H-pyrrole nitrogens is 1. The molecule has 2 aromatic heterocycles. The number of likely N-dealkylation sites (tertiary alicyclic amines) is 2. The number of fused-ring (bicyclic) bond motifs is 3. The van der Waals surface area contributed by atoms with Crippen molar-refractivity contribution in [3.05, 3.63) is 57.4 Å². The van der Waals surface area contributed by atoms with E-state index in [1.165, 1.54) is 14.2 Å². The number of carbonyl (C=O) groups is 4. The van der Waals surface area contributed by atoms with Gasteiger partial charge in [-0.1, -0.05) is 75.2 Å². The maximum absolute atomic E-state index is 13.7. The number of carbonyl (C=O) groups excluding carboxylic acids is 4. The van der Waals surface area contributed by atoms with Crippen LogP contribution in [0.5, 0.6) is 0 Å². The number of hydrogen-bond donors (Lipinski definition) is 3. The second-order valence-electron chi connectivity index (χ2n) is 15.5. The van der Waals surface area contributed by atoms with Gasteiger partial charge in [0.05, 0.1) is 26.3 Å². The first kappa shape index (κ1) is 40.5. The van der Waals surface area contributed by atoms with Crippen molar-refractivity contribution in [2.24, 2.45) is 16.8 Å². The SMILES string of the molecule is COC(=O)N[C@H](C(=O)N1CCC[C@H]1C1=NC(Cl)=C(c2cc3ccc4cc(-c5nc([C@@H]6CCCN6C(=O)[C@@H](NC(=O)OC)C(C)C)[nH]c5Cl)ccc4c3s2)C1)C(C)C. The highest BCUT2D eigenvalue weighted by Gasteiger charge is 2.40. The number of halogens is 2. The number of benzene rings is 2. The van der Waals surface area contributed by atoms with E-state index in [2.05, 4.69) is 45.9 Å². The lowest BCUT2D eigenvalue weighted by atomic mass is 9.99. The maximum atomic E-state index is 13.7. The predicted octanol–water partition coefficient (Wildman–Crippen LogP) is 8.27. The van der Waals surface area contributed by atoms with Crippen molar-refractivity contribution in [1.29, 1.82) is 0 Å². The summed E-state index contributed by atoms with van der Waals surface area (Å²) >= 11 is 15.3. The molecule has 3 aliphatic heterocycles. The molecular formula is C41H47Cl2N7O6S. The van der Waals surface area contributed by atoms with Crippen molar-refractivity contribution in [2.75, 3.05) is 27.3 Å². The Morgan fingerprint density at radius 3 is 2.05 bits per heavy atom. The van der Waals surface area contributed by atoms with Crippen molar-refractivity contribution >= 4 is 90.7 Å². The zero-order valence-electron chi connectivity index (χ0n) is 32.8. The van der Waals surface area contributed by atoms with Crippen molar-refractivity contribution in [1.82, 2.24) is 30.4 Å². The highest BCUT2D eigenvalue weighted by Crippen LogP contribution is 2.43. The number of imidazole rings is 1. The number of alkyl carbamates (subject to hydrolysis) is 2. The molecule has 0 bridgehead atoms. The Balaban J connectivity index is 1.09. The largest absolute Gasteiger partial charge is 0.453 e. The van der Waals surface area contributed by atoms with Crippen LogP contribution in [0.25, 0.3) is 37.7 Å². The fraction of sp³-hybridized carbons (Fsp3) is 0.463. The smallest absolute Gasteiger partial charge is 0.407 e. The number of aliphatic imine (C=N–C) groups is 1. The lowest BCUT2D eigenvalue weighted by Crippen LogP contribution is -2.53. The molecule has 0 radical (unpaired) electrons. The standard InChI is InChI=1S/C41H47Cl2N7O6S/c1-20(2)31(46-40(53)55-5)38(51)49-15-7-9-28(49)27-19-26(35(42)44-27)30-18-24-12-11-22-17-23(13-14-25(22)34(24)57-30)33-36(43)48-37(45-33)29-10-8-16-50(29)39(52)32(21(3)4)47-41(54)56-6/h11-14,17-18,20-21,28-29,31-32H,7-10,15-16,19H2,1-6H3,(H,45,48)(H,46,53)(H,47,54)/t28-,29-,31-,32-/m0/s1. The summed E-state index contributed by atoms with van der Waals surface area (Å²) in [6, 6.07) is 10.5. The molecule has 2 saturated heterocycles. The monoisotopic (exact) mass is 835 g/mol. The van der Waals surface area contributed by atoms with Crippen LogP contribution >= 0.6 is 34.5 Å². The third kappa shape index (κ3) is 7.96. The van der Waals surface area contributed by atoms with E-state index in [-0.39, 0.29) is 35.7 Å². The minimum Gasteiger partial charge on any atom is -0.453 e. The van der Waals surface area contributed by atoms with Gasteiger partial charge in [-0.25, -0.2) is 19.6 Å². The number of rotatable bonds is 10. The second kappa shape index (κ2) is 16.7. The Labute approximate surface area is 345 Å². The minimum atomic E-state index is -0.734. The Morgan fingerprint density at radius 1 is 0.842 bits per heavy atom. The number of methoxy groups -OCH3 is 2. The van der Waals surface area contributed by atoms with Crippen molar-refractivity contribution in [3.63, 3.8) is 0 Å². The molecular weight excluding hydrogens is 789 g/mol.